The average molecular weight is 469 g/mol. The molecule has 0 saturated heterocycles. The summed E-state index contributed by atoms with van der Waals surface area (Å²) in [6.07, 6.45) is 0.913. The Balaban J connectivity index is 0.00000256. The van der Waals surface area contributed by atoms with Gasteiger partial charge in [0.2, 0.25) is 0 Å². The molecule has 1 aromatic heterocycles. The molecule has 0 bridgehead atoms. The molecule has 5 heteroatoms. The van der Waals surface area contributed by atoms with Crippen LogP contribution in [0, 0.1) is 0 Å². The van der Waals surface area contributed by atoms with Crippen LogP contribution in [-0.2, 0) is 6.54 Å². The van der Waals surface area contributed by atoms with E-state index in [-0.39, 0.29) is 28.3 Å². The van der Waals surface area contributed by atoms with Gasteiger partial charge in [0, 0.05) is 34.9 Å². The van der Waals surface area contributed by atoms with Crippen molar-refractivity contribution in [1.29, 1.82) is 0 Å². The van der Waals surface area contributed by atoms with Crippen molar-refractivity contribution in [3.05, 3.63) is 70.0 Å². The fraction of sp³-hybridized carbons (Fsp3) is 0.360. The Morgan fingerprint density at radius 3 is 2.00 bits per heavy atom. The molecule has 4 nitrogen and oxygen atoms in total. The van der Waals surface area contributed by atoms with E-state index in [1.807, 2.05) is 53.1 Å². The van der Waals surface area contributed by atoms with Crippen LogP contribution in [0.3, 0.4) is 0 Å². The third-order valence-corrected chi connectivity index (χ3v) is 6.86. The minimum Gasteiger partial charge on any atom is -1.00 e. The van der Waals surface area contributed by atoms with Gasteiger partial charge in [-0.05, 0) is 26.8 Å². The van der Waals surface area contributed by atoms with E-state index < -0.39 is 0 Å². The van der Waals surface area contributed by atoms with Crippen LogP contribution >= 0.6 is 0 Å². The van der Waals surface area contributed by atoms with Crippen molar-refractivity contribution >= 4 is 16.6 Å². The van der Waals surface area contributed by atoms with Crippen molar-refractivity contribution in [3.63, 3.8) is 0 Å². The summed E-state index contributed by atoms with van der Waals surface area (Å²) in [6, 6.07) is 15.2. The average Bonchev–Trinajstić information content (AvgIpc) is 3.07. The first-order valence-corrected chi connectivity index (χ1v) is 10.7. The Bertz CT molecular complexity index is 1140. The molecule has 0 unspecified atom stereocenters. The molecule has 0 fully saturated rings. The summed E-state index contributed by atoms with van der Waals surface area (Å²) in [7, 11) is 0. The molecule has 0 saturated carbocycles. The van der Waals surface area contributed by atoms with Crippen LogP contribution in [0.25, 0.3) is 22.0 Å². The lowest BCUT2D eigenvalue weighted by atomic mass is 10.0. The number of aromatic nitrogens is 1. The molecule has 0 amide bonds. The number of rotatable bonds is 7. The fourth-order valence-corrected chi connectivity index (χ4v) is 4.85. The first-order valence-electron chi connectivity index (χ1n) is 10.7. The Morgan fingerprint density at radius 1 is 0.800 bits per heavy atom. The van der Waals surface area contributed by atoms with Crippen molar-refractivity contribution in [3.8, 4) is 11.3 Å². The first-order chi connectivity index (χ1) is 14.1. The van der Waals surface area contributed by atoms with E-state index in [2.05, 4.69) is 20.8 Å². The number of carbonyl (C=O) groups excluding carboxylic acids is 1. The maximum Gasteiger partial charge on any atom is 0.258 e. The van der Waals surface area contributed by atoms with Crippen molar-refractivity contribution in [2.45, 2.75) is 33.7 Å². The molecule has 158 valence electrons. The monoisotopic (exact) mass is 468 g/mol. The Labute approximate surface area is 188 Å². The summed E-state index contributed by atoms with van der Waals surface area (Å²) in [6.45, 7) is 11.7. The highest BCUT2D eigenvalue weighted by molar-refractivity contribution is 6.26. The molecule has 0 radical (unpaired) electrons. The largest absolute Gasteiger partial charge is 1.00 e. The zero-order valence-corrected chi connectivity index (χ0v) is 19.5. The van der Waals surface area contributed by atoms with E-state index in [1.54, 1.807) is 0 Å². The smallest absolute Gasteiger partial charge is 0.258 e. The number of hydrogen-bond acceptors (Lipinski definition) is 2. The number of halogens is 1. The standard InChI is InChI=1S/C25H29N2O2.BrH/c1-4-27(5-2,6-3)17-11-16-26-23-19-13-8-9-14-20(19)24(28)22(23)18-12-7-10-15-21(18)25(26)29;/h7-10,12-15H,4-6,11,16-17H2,1-3H3;1H/q+1;/p-1. The topological polar surface area (TPSA) is 39.1 Å². The second-order valence-corrected chi connectivity index (χ2v) is 7.97. The Morgan fingerprint density at radius 2 is 1.37 bits per heavy atom. The minimum atomic E-state index is 0. The van der Waals surface area contributed by atoms with Gasteiger partial charge in [-0.2, -0.15) is 0 Å². The fourth-order valence-electron chi connectivity index (χ4n) is 4.85. The van der Waals surface area contributed by atoms with Gasteiger partial charge in [-0.3, -0.25) is 9.59 Å². The molecule has 30 heavy (non-hydrogen) atoms. The number of fused-ring (bicyclic) bond motifs is 5. The van der Waals surface area contributed by atoms with Crippen molar-refractivity contribution in [2.24, 2.45) is 0 Å². The quantitative estimate of drug-likeness (QED) is 0.385. The third-order valence-electron chi connectivity index (χ3n) is 6.86. The third kappa shape index (κ3) is 3.44. The summed E-state index contributed by atoms with van der Waals surface area (Å²) >= 11 is 0. The van der Waals surface area contributed by atoms with Gasteiger partial charge in [0.15, 0.2) is 5.78 Å². The second-order valence-electron chi connectivity index (χ2n) is 7.97. The lowest BCUT2D eigenvalue weighted by Gasteiger charge is -2.36. The zero-order chi connectivity index (χ0) is 20.6. The number of pyridine rings is 1. The summed E-state index contributed by atoms with van der Waals surface area (Å²) < 4.78 is 2.91. The van der Waals surface area contributed by atoms with Crippen molar-refractivity contribution in [1.82, 2.24) is 4.57 Å². The van der Waals surface area contributed by atoms with Crippen LogP contribution in [-0.4, -0.2) is 41.0 Å². The van der Waals surface area contributed by atoms with Gasteiger partial charge < -0.3 is 26.0 Å². The van der Waals surface area contributed by atoms with Crippen LogP contribution in [0.5, 0.6) is 0 Å². The van der Waals surface area contributed by atoms with E-state index in [9.17, 15) is 9.59 Å². The predicted molar refractivity (Wildman–Crippen MR) is 118 cm³/mol. The molecule has 1 aliphatic rings. The van der Waals surface area contributed by atoms with Gasteiger partial charge in [0.05, 0.1) is 37.4 Å². The number of nitrogens with zero attached hydrogens (tertiary/aromatic N) is 2. The molecule has 1 aliphatic carbocycles. The maximum absolute atomic E-state index is 13.4. The lowest BCUT2D eigenvalue weighted by molar-refractivity contribution is -0.923. The van der Waals surface area contributed by atoms with Crippen LogP contribution in [0.15, 0.2) is 53.3 Å². The van der Waals surface area contributed by atoms with E-state index in [4.69, 9.17) is 0 Å². The molecule has 1 heterocycles. The summed E-state index contributed by atoms with van der Waals surface area (Å²) in [5.74, 6) is 0.0290. The van der Waals surface area contributed by atoms with Gasteiger partial charge >= 0.3 is 0 Å². The lowest BCUT2D eigenvalue weighted by Crippen LogP contribution is -3.00. The highest BCUT2D eigenvalue weighted by Crippen LogP contribution is 2.39. The van der Waals surface area contributed by atoms with Gasteiger partial charge in [-0.15, -0.1) is 0 Å². The Hall–Kier alpha value is -2.24. The van der Waals surface area contributed by atoms with E-state index in [1.165, 1.54) is 0 Å². The zero-order valence-electron chi connectivity index (χ0n) is 18.0. The van der Waals surface area contributed by atoms with E-state index in [0.717, 1.165) is 53.7 Å². The van der Waals surface area contributed by atoms with Gasteiger partial charge in [-0.1, -0.05) is 42.5 Å². The van der Waals surface area contributed by atoms with Gasteiger partial charge in [-0.25, -0.2) is 0 Å². The molecular formula is C25H29BrN2O2. The summed E-state index contributed by atoms with van der Waals surface area (Å²) in [5.41, 5.74) is 3.08. The van der Waals surface area contributed by atoms with E-state index >= 15 is 0 Å². The minimum absolute atomic E-state index is 0. The molecule has 2 aromatic carbocycles. The van der Waals surface area contributed by atoms with Crippen LogP contribution in [0.2, 0.25) is 0 Å². The van der Waals surface area contributed by atoms with Crippen LogP contribution in [0.1, 0.15) is 43.1 Å². The SMILES string of the molecule is CC[N+](CC)(CC)CCCn1c2c(c3ccccc3c1=O)C(=O)c1ccccc1-2.[Br-]. The maximum atomic E-state index is 13.4. The van der Waals surface area contributed by atoms with Crippen LogP contribution in [0.4, 0.5) is 0 Å². The molecule has 0 spiro atoms. The molecule has 0 atom stereocenters. The number of benzene rings is 2. The number of carbonyl (C=O) groups is 1. The van der Waals surface area contributed by atoms with Gasteiger partial charge in [0.25, 0.3) is 5.56 Å². The van der Waals surface area contributed by atoms with Crippen molar-refractivity contribution < 1.29 is 26.3 Å². The summed E-state index contributed by atoms with van der Waals surface area (Å²) in [4.78, 5) is 26.6. The highest BCUT2D eigenvalue weighted by atomic mass is 79.9. The Kier molecular flexibility index (Phi) is 6.63. The molecular weight excluding hydrogens is 440 g/mol. The highest BCUT2D eigenvalue weighted by Gasteiger charge is 2.32. The van der Waals surface area contributed by atoms with Crippen LogP contribution < -0.4 is 22.5 Å². The van der Waals surface area contributed by atoms with Gasteiger partial charge in [0.1, 0.15) is 0 Å². The molecule has 0 aliphatic heterocycles. The normalized spacial score (nSPS) is 12.6. The number of quaternary nitrogens is 1. The van der Waals surface area contributed by atoms with E-state index in [0.29, 0.717) is 23.1 Å². The second kappa shape index (κ2) is 8.86. The van der Waals surface area contributed by atoms with Crippen molar-refractivity contribution in [2.75, 3.05) is 26.2 Å². The first kappa shape index (κ1) is 22.4. The summed E-state index contributed by atoms with van der Waals surface area (Å²) in [5, 5.41) is 1.40. The predicted octanol–water partition coefficient (Wildman–Crippen LogP) is 1.48. The molecule has 4 rings (SSSR count). The number of ketones is 1. The molecule has 3 aromatic rings. The molecule has 0 N–H and O–H groups in total. The number of hydrogen-bond donors (Lipinski definition) is 0.